The van der Waals surface area contributed by atoms with Gasteiger partial charge in [-0.15, -0.1) is 0 Å². The molecular formula is C11H18N2O4S. The van der Waals surface area contributed by atoms with Crippen LogP contribution < -0.4 is 15.2 Å². The molecule has 102 valence electrons. The number of nitrogens with one attached hydrogen (secondary N) is 1. The number of nitrogens with two attached hydrogens (primary N) is 1. The van der Waals surface area contributed by atoms with E-state index in [-0.39, 0.29) is 18.9 Å². The van der Waals surface area contributed by atoms with E-state index in [1.165, 1.54) is 6.92 Å². The molecule has 0 heterocycles. The number of rotatable bonds is 7. The number of sulfonamides is 1. The van der Waals surface area contributed by atoms with Gasteiger partial charge in [-0.05, 0) is 19.1 Å². The number of nitrogen functional groups attached to an aromatic ring is 1. The Hall–Kier alpha value is -1.31. The second-order valence-corrected chi connectivity index (χ2v) is 5.86. The fourth-order valence-electron chi connectivity index (χ4n) is 1.19. The van der Waals surface area contributed by atoms with Gasteiger partial charge in [0.25, 0.3) is 0 Å². The first-order valence-electron chi connectivity index (χ1n) is 5.53. The van der Waals surface area contributed by atoms with Gasteiger partial charge in [0.2, 0.25) is 10.0 Å². The third-order valence-electron chi connectivity index (χ3n) is 2.08. The van der Waals surface area contributed by atoms with Crippen LogP contribution in [0.2, 0.25) is 0 Å². The fraction of sp³-hybridized carbons (Fsp3) is 0.455. The molecule has 0 aliphatic rings. The normalized spacial score (nSPS) is 13.2. The Bertz CT molecular complexity index is 474. The number of aliphatic hydroxyl groups excluding tert-OH is 1. The topological polar surface area (TPSA) is 102 Å². The monoisotopic (exact) mass is 274 g/mol. The van der Waals surface area contributed by atoms with E-state index >= 15 is 0 Å². The van der Waals surface area contributed by atoms with E-state index in [9.17, 15) is 8.42 Å². The fourth-order valence-corrected chi connectivity index (χ4v) is 2.14. The quantitative estimate of drug-likeness (QED) is 0.605. The van der Waals surface area contributed by atoms with Crippen LogP contribution in [0.3, 0.4) is 0 Å². The molecular weight excluding hydrogens is 256 g/mol. The second-order valence-electron chi connectivity index (χ2n) is 3.94. The summed E-state index contributed by atoms with van der Waals surface area (Å²) in [6.45, 7) is 1.53. The van der Waals surface area contributed by atoms with Crippen molar-refractivity contribution >= 4 is 15.7 Å². The molecule has 0 saturated heterocycles. The van der Waals surface area contributed by atoms with Gasteiger partial charge < -0.3 is 15.6 Å². The first kappa shape index (κ1) is 14.7. The number of ether oxygens (including phenoxy) is 1. The van der Waals surface area contributed by atoms with E-state index in [1.807, 2.05) is 0 Å². The van der Waals surface area contributed by atoms with E-state index in [0.717, 1.165) is 0 Å². The molecule has 0 unspecified atom stereocenters. The second kappa shape index (κ2) is 6.58. The van der Waals surface area contributed by atoms with Crippen molar-refractivity contribution in [3.8, 4) is 5.75 Å². The van der Waals surface area contributed by atoms with Crippen molar-refractivity contribution < 1.29 is 18.3 Å². The summed E-state index contributed by atoms with van der Waals surface area (Å²) < 4.78 is 30.5. The predicted octanol–water partition coefficient (Wildman–Crippen LogP) is -0.0522. The summed E-state index contributed by atoms with van der Waals surface area (Å²) in [5.41, 5.74) is 6.12. The van der Waals surface area contributed by atoms with Gasteiger partial charge in [-0.25, -0.2) is 13.1 Å². The molecule has 1 atom stereocenters. The van der Waals surface area contributed by atoms with Crippen molar-refractivity contribution in [2.45, 2.75) is 13.0 Å². The zero-order valence-electron chi connectivity index (χ0n) is 10.2. The first-order valence-corrected chi connectivity index (χ1v) is 7.18. The molecule has 0 radical (unpaired) electrons. The molecule has 0 aromatic heterocycles. The molecule has 0 aliphatic heterocycles. The largest absolute Gasteiger partial charge is 0.492 e. The zero-order chi connectivity index (χ0) is 13.6. The molecule has 0 amide bonds. The average Bonchev–Trinajstić information content (AvgIpc) is 2.26. The minimum atomic E-state index is -3.42. The third kappa shape index (κ3) is 5.85. The number of anilines is 1. The standard InChI is InChI=1S/C11H18N2O4S/c1-9(14)8-13-18(15,16)6-5-17-11-4-2-3-10(12)7-11/h2-4,7,9,13-14H,5-6,8,12H2,1H3/t9-/m1/s1. The van der Waals surface area contributed by atoms with Crippen LogP contribution in [-0.4, -0.2) is 38.5 Å². The number of aliphatic hydroxyl groups is 1. The van der Waals surface area contributed by atoms with Crippen LogP contribution in [0.1, 0.15) is 6.92 Å². The van der Waals surface area contributed by atoms with Crippen molar-refractivity contribution in [3.05, 3.63) is 24.3 Å². The molecule has 0 bridgehead atoms. The van der Waals surface area contributed by atoms with E-state index in [2.05, 4.69) is 4.72 Å². The van der Waals surface area contributed by atoms with E-state index in [1.54, 1.807) is 24.3 Å². The van der Waals surface area contributed by atoms with Gasteiger partial charge in [0.15, 0.2) is 0 Å². The SMILES string of the molecule is C[C@@H](O)CNS(=O)(=O)CCOc1cccc(N)c1. The van der Waals surface area contributed by atoms with Gasteiger partial charge in [0, 0.05) is 18.3 Å². The minimum Gasteiger partial charge on any atom is -0.492 e. The molecule has 7 heteroatoms. The lowest BCUT2D eigenvalue weighted by molar-refractivity contribution is 0.198. The molecule has 0 aliphatic carbocycles. The first-order chi connectivity index (χ1) is 8.39. The van der Waals surface area contributed by atoms with Crippen molar-refractivity contribution in [3.63, 3.8) is 0 Å². The highest BCUT2D eigenvalue weighted by Gasteiger charge is 2.11. The van der Waals surface area contributed by atoms with Gasteiger partial charge in [0.05, 0.1) is 11.9 Å². The van der Waals surface area contributed by atoms with E-state index in [0.29, 0.717) is 11.4 Å². The highest BCUT2D eigenvalue weighted by molar-refractivity contribution is 7.89. The van der Waals surface area contributed by atoms with Crippen LogP contribution in [0.15, 0.2) is 24.3 Å². The van der Waals surface area contributed by atoms with Crippen LogP contribution in [-0.2, 0) is 10.0 Å². The Labute approximate surface area is 107 Å². The molecule has 1 aromatic carbocycles. The van der Waals surface area contributed by atoms with Crippen LogP contribution in [0.5, 0.6) is 5.75 Å². The minimum absolute atomic E-state index is 0.000614. The van der Waals surface area contributed by atoms with Crippen molar-refractivity contribution in [2.24, 2.45) is 0 Å². The summed E-state index contributed by atoms with van der Waals surface area (Å²) in [6, 6.07) is 6.76. The number of hydrogen-bond acceptors (Lipinski definition) is 5. The Balaban J connectivity index is 2.37. The Morgan fingerprint density at radius 1 is 1.50 bits per heavy atom. The van der Waals surface area contributed by atoms with Crippen molar-refractivity contribution in [1.29, 1.82) is 0 Å². The molecule has 6 nitrogen and oxygen atoms in total. The summed E-state index contributed by atoms with van der Waals surface area (Å²) in [5.74, 6) is 0.356. The molecule has 0 fully saturated rings. The van der Waals surface area contributed by atoms with Gasteiger partial charge >= 0.3 is 0 Å². The van der Waals surface area contributed by atoms with Gasteiger partial charge in [0.1, 0.15) is 12.4 Å². The molecule has 1 rings (SSSR count). The average molecular weight is 274 g/mol. The maximum atomic E-state index is 11.5. The van der Waals surface area contributed by atoms with Gasteiger partial charge in [-0.1, -0.05) is 6.07 Å². The smallest absolute Gasteiger partial charge is 0.215 e. The molecule has 1 aromatic rings. The highest BCUT2D eigenvalue weighted by atomic mass is 32.2. The maximum Gasteiger partial charge on any atom is 0.215 e. The Morgan fingerprint density at radius 3 is 2.83 bits per heavy atom. The molecule has 18 heavy (non-hydrogen) atoms. The lowest BCUT2D eigenvalue weighted by Crippen LogP contribution is -2.34. The Morgan fingerprint density at radius 2 is 2.22 bits per heavy atom. The zero-order valence-corrected chi connectivity index (χ0v) is 11.0. The Kier molecular flexibility index (Phi) is 5.39. The van der Waals surface area contributed by atoms with Crippen LogP contribution in [0.4, 0.5) is 5.69 Å². The number of benzene rings is 1. The summed E-state index contributed by atoms with van der Waals surface area (Å²) in [6.07, 6.45) is -0.713. The van der Waals surface area contributed by atoms with Crippen molar-refractivity contribution in [1.82, 2.24) is 4.72 Å². The summed E-state index contributed by atoms with van der Waals surface area (Å²) in [4.78, 5) is 0. The van der Waals surface area contributed by atoms with Gasteiger partial charge in [-0.2, -0.15) is 0 Å². The maximum absolute atomic E-state index is 11.5. The van der Waals surface area contributed by atoms with E-state index in [4.69, 9.17) is 15.6 Å². The molecule has 0 spiro atoms. The summed E-state index contributed by atoms with van der Waals surface area (Å²) in [5, 5.41) is 8.98. The third-order valence-corrected chi connectivity index (χ3v) is 3.39. The summed E-state index contributed by atoms with van der Waals surface area (Å²) in [7, 11) is -3.42. The van der Waals surface area contributed by atoms with Crippen LogP contribution >= 0.6 is 0 Å². The van der Waals surface area contributed by atoms with Crippen LogP contribution in [0.25, 0.3) is 0 Å². The summed E-state index contributed by atoms with van der Waals surface area (Å²) >= 11 is 0. The molecule has 4 N–H and O–H groups in total. The number of hydrogen-bond donors (Lipinski definition) is 3. The molecule has 0 saturated carbocycles. The lowest BCUT2D eigenvalue weighted by Gasteiger charge is -2.09. The van der Waals surface area contributed by atoms with Crippen molar-refractivity contribution in [2.75, 3.05) is 24.6 Å². The lowest BCUT2D eigenvalue weighted by atomic mass is 10.3. The highest BCUT2D eigenvalue weighted by Crippen LogP contribution is 2.14. The van der Waals surface area contributed by atoms with E-state index < -0.39 is 16.1 Å². The van der Waals surface area contributed by atoms with Gasteiger partial charge in [-0.3, -0.25) is 0 Å². The van der Waals surface area contributed by atoms with Crippen LogP contribution in [0, 0.1) is 0 Å². The predicted molar refractivity (Wildman–Crippen MR) is 69.8 cm³/mol.